The van der Waals surface area contributed by atoms with Crippen molar-refractivity contribution in [1.82, 2.24) is 24.8 Å². The molecule has 1 saturated heterocycles. The van der Waals surface area contributed by atoms with Gasteiger partial charge in [-0.05, 0) is 6.92 Å². The molecule has 6 nitrogen and oxygen atoms in total. The summed E-state index contributed by atoms with van der Waals surface area (Å²) in [6.45, 7) is 7.87. The van der Waals surface area contributed by atoms with Gasteiger partial charge in [0, 0.05) is 50.2 Å². The maximum atomic E-state index is 5.37. The molecule has 0 amide bonds. The second-order valence-corrected chi connectivity index (χ2v) is 5.27. The lowest BCUT2D eigenvalue weighted by atomic mass is 10.2. The van der Waals surface area contributed by atoms with Gasteiger partial charge in [0.2, 0.25) is 0 Å². The average Bonchev–Trinajstić information content (AvgIpc) is 2.89. The Morgan fingerprint density at radius 2 is 2.20 bits per heavy atom. The minimum Gasteiger partial charge on any atom is -0.379 e. The van der Waals surface area contributed by atoms with Crippen LogP contribution in [0, 0.1) is 0 Å². The number of nitrogens with one attached hydrogen (secondary N) is 1. The van der Waals surface area contributed by atoms with E-state index in [1.165, 1.54) is 5.56 Å². The summed E-state index contributed by atoms with van der Waals surface area (Å²) in [5.74, 6) is 0. The van der Waals surface area contributed by atoms with Crippen LogP contribution in [0.3, 0.4) is 0 Å². The number of fused-ring (bicyclic) bond motifs is 1. The Labute approximate surface area is 118 Å². The lowest BCUT2D eigenvalue weighted by Gasteiger charge is -2.29. The number of rotatable bonds is 5. The predicted molar refractivity (Wildman–Crippen MR) is 76.5 cm³/mol. The zero-order valence-corrected chi connectivity index (χ0v) is 11.8. The van der Waals surface area contributed by atoms with Crippen LogP contribution in [0.5, 0.6) is 0 Å². The zero-order valence-electron chi connectivity index (χ0n) is 11.8. The summed E-state index contributed by atoms with van der Waals surface area (Å²) in [7, 11) is 0. The van der Waals surface area contributed by atoms with Crippen molar-refractivity contribution < 1.29 is 4.74 Å². The van der Waals surface area contributed by atoms with E-state index in [2.05, 4.69) is 27.2 Å². The van der Waals surface area contributed by atoms with Crippen LogP contribution in [-0.4, -0.2) is 58.4 Å². The summed E-state index contributed by atoms with van der Waals surface area (Å²) in [6.07, 6.45) is 7.39. The van der Waals surface area contributed by atoms with Crippen LogP contribution in [0.25, 0.3) is 5.52 Å². The Morgan fingerprint density at radius 1 is 1.35 bits per heavy atom. The number of ether oxygens (including phenoxy) is 1. The van der Waals surface area contributed by atoms with Gasteiger partial charge in [-0.2, -0.15) is 5.10 Å². The summed E-state index contributed by atoms with van der Waals surface area (Å²) >= 11 is 0. The van der Waals surface area contributed by atoms with E-state index in [0.29, 0.717) is 6.04 Å². The molecule has 0 saturated carbocycles. The van der Waals surface area contributed by atoms with Crippen LogP contribution in [0.1, 0.15) is 12.5 Å². The third kappa shape index (κ3) is 3.15. The minimum absolute atomic E-state index is 0.444. The predicted octanol–water partition coefficient (Wildman–Crippen LogP) is 0.540. The highest BCUT2D eigenvalue weighted by Gasteiger charge is 2.13. The first-order valence-electron chi connectivity index (χ1n) is 7.12. The highest BCUT2D eigenvalue weighted by atomic mass is 16.5. The lowest BCUT2D eigenvalue weighted by Crippen LogP contribution is -2.44. The van der Waals surface area contributed by atoms with Crippen molar-refractivity contribution in [2.75, 3.05) is 32.8 Å². The van der Waals surface area contributed by atoms with Gasteiger partial charge in [0.05, 0.1) is 31.1 Å². The van der Waals surface area contributed by atoms with E-state index >= 15 is 0 Å². The van der Waals surface area contributed by atoms with Gasteiger partial charge in [-0.1, -0.05) is 0 Å². The van der Waals surface area contributed by atoms with Crippen LogP contribution < -0.4 is 5.32 Å². The monoisotopic (exact) mass is 275 g/mol. The molecule has 1 N–H and O–H groups in total. The third-order valence-electron chi connectivity index (χ3n) is 3.68. The fourth-order valence-corrected chi connectivity index (χ4v) is 2.54. The molecule has 3 rings (SSSR count). The SMILES string of the molecule is CC(CN1CCOCC1)NCc1cnn2ccncc12. The molecule has 108 valence electrons. The summed E-state index contributed by atoms with van der Waals surface area (Å²) < 4.78 is 7.23. The number of nitrogens with zero attached hydrogens (tertiary/aromatic N) is 4. The Morgan fingerprint density at radius 3 is 3.05 bits per heavy atom. The third-order valence-corrected chi connectivity index (χ3v) is 3.68. The van der Waals surface area contributed by atoms with Crippen molar-refractivity contribution in [2.45, 2.75) is 19.5 Å². The Hall–Kier alpha value is -1.50. The Balaban J connectivity index is 1.53. The maximum Gasteiger partial charge on any atom is 0.0889 e. The molecule has 0 aliphatic carbocycles. The fraction of sp³-hybridized carbons (Fsp3) is 0.571. The first-order valence-corrected chi connectivity index (χ1v) is 7.12. The van der Waals surface area contributed by atoms with Gasteiger partial charge >= 0.3 is 0 Å². The molecule has 2 aromatic rings. The normalized spacial score (nSPS) is 18.4. The van der Waals surface area contributed by atoms with E-state index in [0.717, 1.165) is 44.9 Å². The van der Waals surface area contributed by atoms with E-state index in [-0.39, 0.29) is 0 Å². The zero-order chi connectivity index (χ0) is 13.8. The summed E-state index contributed by atoms with van der Waals surface area (Å²) in [5, 5.41) is 7.88. The van der Waals surface area contributed by atoms with E-state index < -0.39 is 0 Å². The van der Waals surface area contributed by atoms with Crippen LogP contribution >= 0.6 is 0 Å². The van der Waals surface area contributed by atoms with Gasteiger partial charge in [-0.15, -0.1) is 0 Å². The molecular weight excluding hydrogens is 254 g/mol. The van der Waals surface area contributed by atoms with Crippen molar-refractivity contribution in [3.05, 3.63) is 30.4 Å². The Bertz CT molecular complexity index is 549. The molecule has 0 aromatic carbocycles. The average molecular weight is 275 g/mol. The standard InChI is InChI=1S/C14H21N5O/c1-12(11-18-4-6-20-7-5-18)16-8-13-9-17-19-3-2-15-10-14(13)19/h2-3,9-10,12,16H,4-8,11H2,1H3. The number of hydrogen-bond acceptors (Lipinski definition) is 5. The molecule has 6 heteroatoms. The molecule has 0 bridgehead atoms. The highest BCUT2D eigenvalue weighted by molar-refractivity contribution is 5.51. The molecule has 0 radical (unpaired) electrons. The molecule has 1 unspecified atom stereocenters. The number of morpholine rings is 1. The molecule has 1 fully saturated rings. The molecule has 20 heavy (non-hydrogen) atoms. The van der Waals surface area contributed by atoms with Crippen molar-refractivity contribution in [3.8, 4) is 0 Å². The first-order chi connectivity index (χ1) is 9.83. The fourth-order valence-electron chi connectivity index (χ4n) is 2.54. The molecular formula is C14H21N5O. The van der Waals surface area contributed by atoms with Crippen molar-refractivity contribution in [1.29, 1.82) is 0 Å². The van der Waals surface area contributed by atoms with Gasteiger partial charge in [-0.3, -0.25) is 9.88 Å². The van der Waals surface area contributed by atoms with E-state index in [9.17, 15) is 0 Å². The van der Waals surface area contributed by atoms with E-state index in [1.807, 2.05) is 23.1 Å². The largest absolute Gasteiger partial charge is 0.379 e. The molecule has 1 aliphatic heterocycles. The molecule has 1 atom stereocenters. The second kappa shape index (κ2) is 6.30. The quantitative estimate of drug-likeness (QED) is 0.863. The van der Waals surface area contributed by atoms with Gasteiger partial charge in [0.25, 0.3) is 0 Å². The van der Waals surface area contributed by atoms with Gasteiger partial charge < -0.3 is 10.1 Å². The topological polar surface area (TPSA) is 54.7 Å². The van der Waals surface area contributed by atoms with Crippen LogP contribution in [0.4, 0.5) is 0 Å². The summed E-state index contributed by atoms with van der Waals surface area (Å²) in [4.78, 5) is 6.60. The van der Waals surface area contributed by atoms with Gasteiger partial charge in [0.1, 0.15) is 0 Å². The lowest BCUT2D eigenvalue weighted by molar-refractivity contribution is 0.0343. The smallest absolute Gasteiger partial charge is 0.0889 e. The Kier molecular flexibility index (Phi) is 4.25. The molecule has 1 aliphatic rings. The number of aromatic nitrogens is 3. The van der Waals surface area contributed by atoms with Crippen molar-refractivity contribution >= 4 is 5.52 Å². The van der Waals surface area contributed by atoms with Crippen LogP contribution in [-0.2, 0) is 11.3 Å². The maximum absolute atomic E-state index is 5.37. The first kappa shape index (κ1) is 13.5. The molecule has 2 aromatic heterocycles. The van der Waals surface area contributed by atoms with Crippen molar-refractivity contribution in [3.63, 3.8) is 0 Å². The van der Waals surface area contributed by atoms with Gasteiger partial charge in [-0.25, -0.2) is 4.52 Å². The minimum atomic E-state index is 0.444. The van der Waals surface area contributed by atoms with Gasteiger partial charge in [0.15, 0.2) is 0 Å². The van der Waals surface area contributed by atoms with E-state index in [1.54, 1.807) is 6.20 Å². The number of hydrogen-bond donors (Lipinski definition) is 1. The molecule has 3 heterocycles. The van der Waals surface area contributed by atoms with Crippen molar-refractivity contribution in [2.24, 2.45) is 0 Å². The van der Waals surface area contributed by atoms with Crippen LogP contribution in [0.15, 0.2) is 24.8 Å². The summed E-state index contributed by atoms with van der Waals surface area (Å²) in [5.41, 5.74) is 2.26. The molecule has 0 spiro atoms. The summed E-state index contributed by atoms with van der Waals surface area (Å²) in [6, 6.07) is 0.444. The van der Waals surface area contributed by atoms with E-state index in [4.69, 9.17) is 4.74 Å². The highest BCUT2D eigenvalue weighted by Crippen LogP contribution is 2.08. The van der Waals surface area contributed by atoms with Crippen LogP contribution in [0.2, 0.25) is 0 Å². The second-order valence-electron chi connectivity index (χ2n) is 5.27.